The number of carbonyl (C=O) groups excluding carboxylic acids is 1. The van der Waals surface area contributed by atoms with Gasteiger partial charge in [0.25, 0.3) is 0 Å². The molecular weight excluding hydrogens is 272 g/mol. The SMILES string of the molecule is NC(CCC[C@H](N)C(=O)O)C(=O)OC1C/C=C\CCCC1. The molecule has 5 N–H and O–H groups in total. The predicted molar refractivity (Wildman–Crippen MR) is 79.5 cm³/mol. The number of hydrogen-bond acceptors (Lipinski definition) is 5. The summed E-state index contributed by atoms with van der Waals surface area (Å²) in [5.74, 6) is -1.44. The molecule has 0 aromatic rings. The van der Waals surface area contributed by atoms with Crippen molar-refractivity contribution in [1.82, 2.24) is 0 Å². The molecule has 0 aromatic heterocycles. The van der Waals surface area contributed by atoms with E-state index in [4.69, 9.17) is 21.3 Å². The van der Waals surface area contributed by atoms with E-state index in [0.29, 0.717) is 19.3 Å². The highest BCUT2D eigenvalue weighted by atomic mass is 16.5. The van der Waals surface area contributed by atoms with Crippen LogP contribution in [0, 0.1) is 0 Å². The van der Waals surface area contributed by atoms with Gasteiger partial charge in [-0.1, -0.05) is 12.2 Å². The molecule has 0 spiro atoms. The zero-order valence-electron chi connectivity index (χ0n) is 12.4. The third-order valence-corrected chi connectivity index (χ3v) is 3.65. The lowest BCUT2D eigenvalue weighted by molar-refractivity contribution is -0.151. The predicted octanol–water partition coefficient (Wildman–Crippen LogP) is 1.33. The van der Waals surface area contributed by atoms with E-state index in [0.717, 1.165) is 32.1 Å². The quantitative estimate of drug-likeness (QED) is 0.482. The molecule has 1 aliphatic rings. The van der Waals surface area contributed by atoms with E-state index in [9.17, 15) is 9.59 Å². The Hall–Kier alpha value is -1.40. The number of nitrogens with two attached hydrogens (primary N) is 2. The van der Waals surface area contributed by atoms with Gasteiger partial charge < -0.3 is 21.3 Å². The summed E-state index contributed by atoms with van der Waals surface area (Å²) in [4.78, 5) is 22.5. The van der Waals surface area contributed by atoms with Crippen LogP contribution in [-0.2, 0) is 14.3 Å². The van der Waals surface area contributed by atoms with Crippen LogP contribution in [0.5, 0.6) is 0 Å². The van der Waals surface area contributed by atoms with Crippen LogP contribution in [0.4, 0.5) is 0 Å². The van der Waals surface area contributed by atoms with Gasteiger partial charge in [-0.25, -0.2) is 0 Å². The maximum atomic E-state index is 11.9. The van der Waals surface area contributed by atoms with Gasteiger partial charge in [-0.2, -0.15) is 0 Å². The number of esters is 1. The average Bonchev–Trinajstić information content (AvgIpc) is 2.41. The van der Waals surface area contributed by atoms with E-state index >= 15 is 0 Å². The molecule has 1 aliphatic carbocycles. The monoisotopic (exact) mass is 298 g/mol. The first-order valence-corrected chi connectivity index (χ1v) is 7.60. The first-order valence-electron chi connectivity index (χ1n) is 7.60. The number of rotatable bonds is 7. The summed E-state index contributed by atoms with van der Waals surface area (Å²) in [7, 11) is 0. The van der Waals surface area contributed by atoms with E-state index in [-0.39, 0.29) is 6.10 Å². The van der Waals surface area contributed by atoms with Gasteiger partial charge in [-0.05, 0) is 44.9 Å². The van der Waals surface area contributed by atoms with Crippen LogP contribution >= 0.6 is 0 Å². The molecule has 120 valence electrons. The molecule has 6 heteroatoms. The lowest BCUT2D eigenvalue weighted by atomic mass is 10.0. The molecule has 0 heterocycles. The highest BCUT2D eigenvalue weighted by Crippen LogP contribution is 2.16. The fourth-order valence-electron chi connectivity index (χ4n) is 2.28. The second-order valence-electron chi connectivity index (χ2n) is 5.53. The van der Waals surface area contributed by atoms with Crippen LogP contribution in [-0.4, -0.2) is 35.2 Å². The van der Waals surface area contributed by atoms with E-state index in [1.807, 2.05) is 0 Å². The fourth-order valence-corrected chi connectivity index (χ4v) is 2.28. The number of carboxylic acids is 1. The summed E-state index contributed by atoms with van der Waals surface area (Å²) in [6.07, 6.45) is 10.1. The second-order valence-corrected chi connectivity index (χ2v) is 5.53. The zero-order chi connectivity index (χ0) is 15.7. The minimum absolute atomic E-state index is 0.0959. The first kappa shape index (κ1) is 17.7. The number of hydrogen-bond donors (Lipinski definition) is 3. The van der Waals surface area contributed by atoms with Crippen molar-refractivity contribution in [2.45, 2.75) is 69.6 Å². The van der Waals surface area contributed by atoms with E-state index in [1.165, 1.54) is 0 Å². The summed E-state index contributed by atoms with van der Waals surface area (Å²) in [5, 5.41) is 8.67. The van der Waals surface area contributed by atoms with Crippen molar-refractivity contribution >= 4 is 11.9 Å². The Bertz CT molecular complexity index is 371. The maximum absolute atomic E-state index is 11.9. The van der Waals surface area contributed by atoms with Gasteiger partial charge in [0.1, 0.15) is 18.2 Å². The zero-order valence-corrected chi connectivity index (χ0v) is 12.4. The Morgan fingerprint density at radius 1 is 1.19 bits per heavy atom. The molecule has 2 unspecified atom stereocenters. The van der Waals surface area contributed by atoms with Gasteiger partial charge in [0.2, 0.25) is 0 Å². The molecule has 0 bridgehead atoms. The van der Waals surface area contributed by atoms with Crippen LogP contribution in [0.2, 0.25) is 0 Å². The lowest BCUT2D eigenvalue weighted by Crippen LogP contribution is -2.36. The van der Waals surface area contributed by atoms with Gasteiger partial charge in [0, 0.05) is 6.42 Å². The molecule has 1 rings (SSSR count). The molecule has 3 atom stereocenters. The van der Waals surface area contributed by atoms with Gasteiger partial charge in [-0.15, -0.1) is 0 Å². The molecule has 0 saturated heterocycles. The number of ether oxygens (including phenoxy) is 1. The Kier molecular flexibility index (Phi) is 8.00. The molecule has 0 radical (unpaired) electrons. The van der Waals surface area contributed by atoms with Crippen molar-refractivity contribution < 1.29 is 19.4 Å². The standard InChI is InChI=1S/C15H26N2O4/c16-12(14(18)19)9-6-10-13(17)15(20)21-11-7-4-2-1-3-5-8-11/h2,4,11-13H,1,3,5-10,16-17H2,(H,18,19)/b4-2-/t11?,12-,13?/m0/s1. The van der Waals surface area contributed by atoms with Gasteiger partial charge in [0.15, 0.2) is 0 Å². The smallest absolute Gasteiger partial charge is 0.323 e. The van der Waals surface area contributed by atoms with Crippen molar-refractivity contribution in [3.05, 3.63) is 12.2 Å². The number of aliphatic carboxylic acids is 1. The largest absolute Gasteiger partial charge is 0.480 e. The van der Waals surface area contributed by atoms with Crippen LogP contribution in [0.15, 0.2) is 12.2 Å². The van der Waals surface area contributed by atoms with Crippen molar-refractivity contribution in [3.63, 3.8) is 0 Å². The van der Waals surface area contributed by atoms with Gasteiger partial charge in [-0.3, -0.25) is 9.59 Å². The van der Waals surface area contributed by atoms with Crippen molar-refractivity contribution in [3.8, 4) is 0 Å². The van der Waals surface area contributed by atoms with Crippen LogP contribution < -0.4 is 11.5 Å². The third kappa shape index (κ3) is 7.24. The van der Waals surface area contributed by atoms with E-state index < -0.39 is 24.0 Å². The topological polar surface area (TPSA) is 116 Å². The fraction of sp³-hybridized carbons (Fsp3) is 0.733. The lowest BCUT2D eigenvalue weighted by Gasteiger charge is -2.20. The summed E-state index contributed by atoms with van der Waals surface area (Å²) in [6.45, 7) is 0. The van der Waals surface area contributed by atoms with E-state index in [1.54, 1.807) is 0 Å². The minimum atomic E-state index is -1.03. The van der Waals surface area contributed by atoms with Crippen molar-refractivity contribution in [1.29, 1.82) is 0 Å². The molecule has 0 amide bonds. The van der Waals surface area contributed by atoms with Crippen molar-refractivity contribution in [2.24, 2.45) is 11.5 Å². The molecule has 21 heavy (non-hydrogen) atoms. The summed E-state index contributed by atoms with van der Waals surface area (Å²) < 4.78 is 5.43. The molecule has 0 fully saturated rings. The maximum Gasteiger partial charge on any atom is 0.323 e. The number of carbonyl (C=O) groups is 2. The second kappa shape index (κ2) is 9.52. The molecule has 0 aromatic carbocycles. The Labute approximate surface area is 125 Å². The molecule has 0 aliphatic heterocycles. The average molecular weight is 298 g/mol. The van der Waals surface area contributed by atoms with Crippen LogP contribution in [0.3, 0.4) is 0 Å². The Morgan fingerprint density at radius 3 is 2.62 bits per heavy atom. The first-order chi connectivity index (χ1) is 10.0. The normalized spacial score (nSPS) is 23.4. The van der Waals surface area contributed by atoms with Crippen LogP contribution in [0.25, 0.3) is 0 Å². The highest BCUT2D eigenvalue weighted by Gasteiger charge is 2.20. The summed E-state index contributed by atoms with van der Waals surface area (Å²) >= 11 is 0. The van der Waals surface area contributed by atoms with Crippen molar-refractivity contribution in [2.75, 3.05) is 0 Å². The van der Waals surface area contributed by atoms with Crippen LogP contribution in [0.1, 0.15) is 51.4 Å². The Balaban J connectivity index is 2.28. The van der Waals surface area contributed by atoms with Gasteiger partial charge >= 0.3 is 11.9 Å². The summed E-state index contributed by atoms with van der Waals surface area (Å²) in [6, 6.07) is -1.61. The molecule has 0 saturated carbocycles. The third-order valence-electron chi connectivity index (χ3n) is 3.65. The minimum Gasteiger partial charge on any atom is -0.480 e. The molecule has 6 nitrogen and oxygen atoms in total. The van der Waals surface area contributed by atoms with E-state index in [2.05, 4.69) is 12.2 Å². The summed E-state index contributed by atoms with van der Waals surface area (Å²) in [5.41, 5.74) is 11.2. The number of carboxylic acid groups (broad SMARTS) is 1. The highest BCUT2D eigenvalue weighted by molar-refractivity contribution is 5.75. The Morgan fingerprint density at radius 2 is 1.90 bits per heavy atom. The van der Waals surface area contributed by atoms with Gasteiger partial charge in [0.05, 0.1) is 0 Å². The number of allylic oxidation sites excluding steroid dienone is 1. The molecular formula is C15H26N2O4.